The third kappa shape index (κ3) is 3.27. The van der Waals surface area contributed by atoms with Crippen molar-refractivity contribution >= 4 is 17.6 Å². The largest absolute Gasteiger partial charge is 0.478 e. The van der Waals surface area contributed by atoms with E-state index in [0.717, 1.165) is 12.1 Å². The molecule has 0 bridgehead atoms. The second-order valence-corrected chi connectivity index (χ2v) is 3.92. The molecule has 1 heterocycles. The number of aromatic carboxylic acids is 1. The van der Waals surface area contributed by atoms with E-state index in [0.29, 0.717) is 13.2 Å². The van der Waals surface area contributed by atoms with Gasteiger partial charge in [0.25, 0.3) is 5.91 Å². The number of carboxylic acid groups (broad SMARTS) is 1. The lowest BCUT2D eigenvalue weighted by Crippen LogP contribution is -2.39. The molecule has 0 spiro atoms. The van der Waals surface area contributed by atoms with Crippen LogP contribution in [0.15, 0.2) is 18.2 Å². The molecule has 1 aromatic carbocycles. The highest BCUT2D eigenvalue weighted by Gasteiger charge is 2.23. The summed E-state index contributed by atoms with van der Waals surface area (Å²) < 4.78 is 23.7. The zero-order valence-electron chi connectivity index (χ0n) is 9.89. The van der Waals surface area contributed by atoms with E-state index < -0.39 is 29.4 Å². The standard InChI is InChI=1S/C12H12FNO5/c13-9-5-7(1-2-8(9)12(16)17)14-11(15)10-6-18-3-4-19-10/h1-2,5,10H,3-4,6H2,(H,14,15)(H,16,17). The molecule has 1 aliphatic heterocycles. The van der Waals surface area contributed by atoms with Crippen molar-refractivity contribution in [2.24, 2.45) is 0 Å². The van der Waals surface area contributed by atoms with Crippen LogP contribution in [0.5, 0.6) is 0 Å². The minimum absolute atomic E-state index is 0.140. The summed E-state index contributed by atoms with van der Waals surface area (Å²) in [6.07, 6.45) is -0.740. The number of benzene rings is 1. The summed E-state index contributed by atoms with van der Waals surface area (Å²) in [5, 5.41) is 11.1. The molecule has 1 aromatic rings. The summed E-state index contributed by atoms with van der Waals surface area (Å²) in [6, 6.07) is 3.35. The average Bonchev–Trinajstić information content (AvgIpc) is 2.39. The minimum atomic E-state index is -1.36. The third-order valence-electron chi connectivity index (χ3n) is 2.58. The van der Waals surface area contributed by atoms with E-state index in [-0.39, 0.29) is 12.3 Å². The van der Waals surface area contributed by atoms with E-state index >= 15 is 0 Å². The van der Waals surface area contributed by atoms with E-state index in [4.69, 9.17) is 14.6 Å². The third-order valence-corrected chi connectivity index (χ3v) is 2.58. The molecule has 19 heavy (non-hydrogen) atoms. The first-order chi connectivity index (χ1) is 9.08. The number of hydrogen-bond donors (Lipinski definition) is 2. The molecule has 1 unspecified atom stereocenters. The van der Waals surface area contributed by atoms with E-state index in [1.165, 1.54) is 6.07 Å². The molecule has 0 saturated carbocycles. The van der Waals surface area contributed by atoms with E-state index in [2.05, 4.69) is 5.32 Å². The number of rotatable bonds is 3. The van der Waals surface area contributed by atoms with Gasteiger partial charge in [-0.25, -0.2) is 9.18 Å². The Balaban J connectivity index is 2.04. The smallest absolute Gasteiger partial charge is 0.338 e. The van der Waals surface area contributed by atoms with Crippen molar-refractivity contribution in [3.05, 3.63) is 29.6 Å². The number of carbonyl (C=O) groups excluding carboxylic acids is 1. The normalized spacial score (nSPS) is 18.9. The quantitative estimate of drug-likeness (QED) is 0.850. The molecule has 0 aliphatic carbocycles. The number of nitrogens with one attached hydrogen (secondary N) is 1. The number of carboxylic acids is 1. The number of hydrogen-bond acceptors (Lipinski definition) is 4. The Labute approximate surface area is 108 Å². The predicted octanol–water partition coefficient (Wildman–Crippen LogP) is 0.878. The van der Waals surface area contributed by atoms with Crippen LogP contribution in [-0.2, 0) is 14.3 Å². The first-order valence-electron chi connectivity index (χ1n) is 5.61. The molecular formula is C12H12FNO5. The van der Waals surface area contributed by atoms with Gasteiger partial charge in [-0.05, 0) is 18.2 Å². The van der Waals surface area contributed by atoms with Crippen molar-refractivity contribution in [3.63, 3.8) is 0 Å². The lowest BCUT2D eigenvalue weighted by Gasteiger charge is -2.22. The maximum atomic E-state index is 13.4. The van der Waals surface area contributed by atoms with E-state index in [1.807, 2.05) is 0 Å². The summed E-state index contributed by atoms with van der Waals surface area (Å²) in [5.74, 6) is -2.73. The number of amides is 1. The van der Waals surface area contributed by atoms with Crippen LogP contribution >= 0.6 is 0 Å². The van der Waals surface area contributed by atoms with Crippen LogP contribution in [-0.4, -0.2) is 42.9 Å². The second kappa shape index (κ2) is 5.77. The molecule has 6 nitrogen and oxygen atoms in total. The highest BCUT2D eigenvalue weighted by molar-refractivity contribution is 5.95. The summed E-state index contributed by atoms with van der Waals surface area (Å²) in [7, 11) is 0. The van der Waals surface area contributed by atoms with Gasteiger partial charge in [0.1, 0.15) is 5.82 Å². The van der Waals surface area contributed by atoms with Gasteiger partial charge in [-0.2, -0.15) is 0 Å². The maximum absolute atomic E-state index is 13.4. The molecule has 2 rings (SSSR count). The van der Waals surface area contributed by atoms with E-state index in [1.54, 1.807) is 0 Å². The molecule has 1 aliphatic rings. The Bertz CT molecular complexity index is 499. The van der Waals surface area contributed by atoms with Crippen LogP contribution in [0.25, 0.3) is 0 Å². The van der Waals surface area contributed by atoms with Crippen LogP contribution < -0.4 is 5.32 Å². The van der Waals surface area contributed by atoms with Crippen molar-refractivity contribution in [3.8, 4) is 0 Å². The van der Waals surface area contributed by atoms with Gasteiger partial charge in [-0.1, -0.05) is 0 Å². The van der Waals surface area contributed by atoms with Crippen molar-refractivity contribution in [1.29, 1.82) is 0 Å². The zero-order chi connectivity index (χ0) is 13.8. The molecule has 1 saturated heterocycles. The van der Waals surface area contributed by atoms with Crippen LogP contribution in [0.3, 0.4) is 0 Å². The summed E-state index contributed by atoms with van der Waals surface area (Å²) >= 11 is 0. The fourth-order valence-electron chi connectivity index (χ4n) is 1.63. The van der Waals surface area contributed by atoms with Gasteiger partial charge in [0.05, 0.1) is 25.4 Å². The molecule has 1 atom stereocenters. The first-order valence-corrected chi connectivity index (χ1v) is 5.61. The monoisotopic (exact) mass is 269 g/mol. The van der Waals surface area contributed by atoms with Crippen LogP contribution in [0.1, 0.15) is 10.4 Å². The summed E-state index contributed by atoms with van der Waals surface area (Å²) in [4.78, 5) is 22.4. The first kappa shape index (κ1) is 13.4. The van der Waals surface area contributed by atoms with Gasteiger partial charge in [0.2, 0.25) is 0 Å². The fourth-order valence-corrected chi connectivity index (χ4v) is 1.63. The van der Waals surface area contributed by atoms with Crippen molar-refractivity contribution in [1.82, 2.24) is 0 Å². The van der Waals surface area contributed by atoms with Gasteiger partial charge >= 0.3 is 5.97 Å². The van der Waals surface area contributed by atoms with Gasteiger partial charge in [0, 0.05) is 5.69 Å². The Morgan fingerprint density at radius 3 is 2.74 bits per heavy atom. The number of ether oxygens (including phenoxy) is 2. The topological polar surface area (TPSA) is 84.9 Å². The van der Waals surface area contributed by atoms with Gasteiger partial charge < -0.3 is 19.9 Å². The molecule has 1 fully saturated rings. The Kier molecular flexibility index (Phi) is 4.08. The van der Waals surface area contributed by atoms with Gasteiger partial charge in [-0.3, -0.25) is 4.79 Å². The van der Waals surface area contributed by atoms with Crippen molar-refractivity contribution < 1.29 is 28.6 Å². The Morgan fingerprint density at radius 1 is 1.37 bits per heavy atom. The van der Waals surface area contributed by atoms with E-state index in [9.17, 15) is 14.0 Å². The van der Waals surface area contributed by atoms with Crippen LogP contribution in [0.4, 0.5) is 10.1 Å². The lowest BCUT2D eigenvalue weighted by molar-refractivity contribution is -0.142. The van der Waals surface area contributed by atoms with Crippen molar-refractivity contribution in [2.75, 3.05) is 25.1 Å². The molecule has 0 aromatic heterocycles. The lowest BCUT2D eigenvalue weighted by atomic mass is 10.2. The molecule has 0 radical (unpaired) electrons. The number of carbonyl (C=O) groups is 2. The summed E-state index contributed by atoms with van der Waals surface area (Å²) in [5.41, 5.74) is -0.281. The Hall–Kier alpha value is -1.99. The maximum Gasteiger partial charge on any atom is 0.338 e. The highest BCUT2D eigenvalue weighted by atomic mass is 19.1. The SMILES string of the molecule is O=C(O)c1ccc(NC(=O)C2COCCO2)cc1F. The second-order valence-electron chi connectivity index (χ2n) is 3.92. The zero-order valence-corrected chi connectivity index (χ0v) is 9.89. The van der Waals surface area contributed by atoms with Crippen LogP contribution in [0, 0.1) is 5.82 Å². The highest BCUT2D eigenvalue weighted by Crippen LogP contribution is 2.15. The average molecular weight is 269 g/mol. The van der Waals surface area contributed by atoms with Gasteiger partial charge in [0.15, 0.2) is 6.10 Å². The molecule has 7 heteroatoms. The molecule has 1 amide bonds. The molecule has 2 N–H and O–H groups in total. The fraction of sp³-hybridized carbons (Fsp3) is 0.333. The van der Waals surface area contributed by atoms with Crippen molar-refractivity contribution in [2.45, 2.75) is 6.10 Å². The number of anilines is 1. The van der Waals surface area contributed by atoms with Crippen LogP contribution in [0.2, 0.25) is 0 Å². The van der Waals surface area contributed by atoms with Gasteiger partial charge in [-0.15, -0.1) is 0 Å². The predicted molar refractivity (Wildman–Crippen MR) is 62.5 cm³/mol. The molecular weight excluding hydrogens is 257 g/mol. The molecule has 102 valence electrons. The minimum Gasteiger partial charge on any atom is -0.478 e. The summed E-state index contributed by atoms with van der Waals surface area (Å²) in [6.45, 7) is 0.900. The number of halogens is 1. The Morgan fingerprint density at radius 2 is 2.16 bits per heavy atom.